The molecule has 0 fully saturated rings. The van der Waals surface area contributed by atoms with Crippen LogP contribution >= 0.6 is 15.9 Å². The maximum atomic E-state index is 13.0. The minimum absolute atomic E-state index is 0.0185. The first-order chi connectivity index (χ1) is 13.4. The van der Waals surface area contributed by atoms with Crippen LogP contribution in [0.1, 0.15) is 34.6 Å². The number of allylic oxidation sites excluding steroid dienone is 1. The van der Waals surface area contributed by atoms with Crippen molar-refractivity contribution in [3.8, 4) is 0 Å². The van der Waals surface area contributed by atoms with Gasteiger partial charge in [0.05, 0.1) is 6.61 Å². The summed E-state index contributed by atoms with van der Waals surface area (Å²) in [6, 6.07) is 14.2. The number of Topliss-reactive ketones (excluding diaryl/α,β-unsaturated/α-hetero) is 2. The summed E-state index contributed by atoms with van der Waals surface area (Å²) in [6.45, 7) is 3.81. The number of ketones is 2. The lowest BCUT2D eigenvalue weighted by Gasteiger charge is -2.27. The van der Waals surface area contributed by atoms with Crippen LogP contribution in [0.4, 0.5) is 5.69 Å². The number of nitrogens with zero attached hydrogens (tertiary/aromatic N) is 1. The summed E-state index contributed by atoms with van der Waals surface area (Å²) in [7, 11) is 0. The van der Waals surface area contributed by atoms with Crippen LogP contribution < -0.4 is 4.90 Å². The SMILES string of the molecule is CCOC(=O)CN(CC1=C(C)C(=O)c2ccccc2C1=O)c1ccc(Br)cc1. The van der Waals surface area contributed by atoms with Gasteiger partial charge in [-0.05, 0) is 38.1 Å². The Balaban J connectivity index is 1.96. The molecule has 0 saturated heterocycles. The van der Waals surface area contributed by atoms with Gasteiger partial charge in [0.15, 0.2) is 11.6 Å². The van der Waals surface area contributed by atoms with Crippen molar-refractivity contribution >= 4 is 39.2 Å². The van der Waals surface area contributed by atoms with Crippen molar-refractivity contribution in [3.05, 3.63) is 75.3 Å². The number of halogens is 1. The molecule has 0 heterocycles. The average molecular weight is 442 g/mol. The molecular formula is C22H20BrNO4. The van der Waals surface area contributed by atoms with Gasteiger partial charge < -0.3 is 9.64 Å². The van der Waals surface area contributed by atoms with E-state index in [9.17, 15) is 14.4 Å². The van der Waals surface area contributed by atoms with Gasteiger partial charge in [0.1, 0.15) is 6.54 Å². The first kappa shape index (κ1) is 20.0. The number of esters is 1. The molecule has 1 aliphatic carbocycles. The van der Waals surface area contributed by atoms with Crippen molar-refractivity contribution in [2.75, 3.05) is 24.6 Å². The Bertz CT molecular complexity index is 963. The largest absolute Gasteiger partial charge is 0.465 e. The van der Waals surface area contributed by atoms with Gasteiger partial charge in [-0.2, -0.15) is 0 Å². The van der Waals surface area contributed by atoms with E-state index >= 15 is 0 Å². The number of fused-ring (bicyclic) bond motifs is 1. The molecule has 2 aromatic carbocycles. The Hall–Kier alpha value is -2.73. The number of rotatable bonds is 6. The molecule has 0 bridgehead atoms. The predicted molar refractivity (Wildman–Crippen MR) is 111 cm³/mol. The van der Waals surface area contributed by atoms with E-state index in [0.717, 1.165) is 10.2 Å². The molecule has 0 saturated carbocycles. The van der Waals surface area contributed by atoms with Crippen molar-refractivity contribution < 1.29 is 19.1 Å². The van der Waals surface area contributed by atoms with E-state index in [1.54, 1.807) is 43.0 Å². The van der Waals surface area contributed by atoms with Crippen molar-refractivity contribution in [2.45, 2.75) is 13.8 Å². The monoisotopic (exact) mass is 441 g/mol. The Labute approximate surface area is 172 Å². The Morgan fingerprint density at radius 3 is 2.21 bits per heavy atom. The van der Waals surface area contributed by atoms with Crippen molar-refractivity contribution in [1.29, 1.82) is 0 Å². The first-order valence-corrected chi connectivity index (χ1v) is 9.76. The van der Waals surface area contributed by atoms with Gasteiger partial charge in [-0.1, -0.05) is 40.2 Å². The highest BCUT2D eigenvalue weighted by molar-refractivity contribution is 9.10. The maximum absolute atomic E-state index is 13.0. The standard InChI is InChI=1S/C22H20BrNO4/c1-3-28-20(25)13-24(16-10-8-15(23)9-11-16)12-19-14(2)21(26)17-6-4-5-7-18(17)22(19)27/h4-11H,3,12-13H2,1-2H3. The predicted octanol–water partition coefficient (Wildman–Crippen LogP) is 4.21. The molecule has 0 aliphatic heterocycles. The number of carbonyl (C=O) groups excluding carboxylic acids is 3. The summed E-state index contributed by atoms with van der Waals surface area (Å²) < 4.78 is 5.98. The number of anilines is 1. The Morgan fingerprint density at radius 2 is 1.61 bits per heavy atom. The van der Waals surface area contributed by atoms with Gasteiger partial charge >= 0.3 is 5.97 Å². The zero-order chi connectivity index (χ0) is 20.3. The van der Waals surface area contributed by atoms with Gasteiger partial charge in [-0.3, -0.25) is 14.4 Å². The molecule has 0 amide bonds. The van der Waals surface area contributed by atoms with Gasteiger partial charge in [-0.25, -0.2) is 0 Å². The highest BCUT2D eigenvalue weighted by atomic mass is 79.9. The quantitative estimate of drug-likeness (QED) is 0.628. The smallest absolute Gasteiger partial charge is 0.325 e. The number of carbonyl (C=O) groups is 3. The molecule has 28 heavy (non-hydrogen) atoms. The number of hydrogen-bond acceptors (Lipinski definition) is 5. The van der Waals surface area contributed by atoms with E-state index in [1.165, 1.54) is 0 Å². The minimum atomic E-state index is -0.390. The molecule has 0 spiro atoms. The lowest BCUT2D eigenvalue weighted by Crippen LogP contribution is -2.36. The van der Waals surface area contributed by atoms with Crippen LogP contribution in [0.15, 0.2) is 64.1 Å². The lowest BCUT2D eigenvalue weighted by atomic mass is 9.84. The lowest BCUT2D eigenvalue weighted by molar-refractivity contribution is -0.141. The van der Waals surface area contributed by atoms with Gasteiger partial charge in [0, 0.05) is 39.0 Å². The fourth-order valence-electron chi connectivity index (χ4n) is 3.19. The van der Waals surface area contributed by atoms with Crippen molar-refractivity contribution in [1.82, 2.24) is 0 Å². The van der Waals surface area contributed by atoms with Crippen LogP contribution in [0, 0.1) is 0 Å². The molecule has 3 rings (SSSR count). The number of ether oxygens (including phenoxy) is 1. The average Bonchev–Trinajstić information content (AvgIpc) is 2.69. The normalized spacial score (nSPS) is 13.4. The summed E-state index contributed by atoms with van der Waals surface area (Å²) in [5, 5.41) is 0. The number of hydrogen-bond donors (Lipinski definition) is 0. The summed E-state index contributed by atoms with van der Waals surface area (Å²) in [4.78, 5) is 39.7. The van der Waals surface area contributed by atoms with E-state index in [4.69, 9.17) is 4.74 Å². The summed E-state index contributed by atoms with van der Waals surface area (Å²) in [5.74, 6) is -0.727. The zero-order valence-corrected chi connectivity index (χ0v) is 17.3. The van der Waals surface area contributed by atoms with Crippen LogP contribution in [-0.2, 0) is 9.53 Å². The molecule has 0 atom stereocenters. The molecular weight excluding hydrogens is 422 g/mol. The molecule has 1 aliphatic rings. The second kappa shape index (κ2) is 8.52. The van der Waals surface area contributed by atoms with E-state index in [1.807, 2.05) is 24.3 Å². The van der Waals surface area contributed by atoms with Gasteiger partial charge in [0.25, 0.3) is 0 Å². The maximum Gasteiger partial charge on any atom is 0.325 e. The molecule has 144 valence electrons. The van der Waals surface area contributed by atoms with Crippen LogP contribution in [0.3, 0.4) is 0 Å². The highest BCUT2D eigenvalue weighted by Gasteiger charge is 2.31. The Morgan fingerprint density at radius 1 is 1.00 bits per heavy atom. The fourth-order valence-corrected chi connectivity index (χ4v) is 3.45. The Kier molecular flexibility index (Phi) is 6.09. The number of benzene rings is 2. The van der Waals surface area contributed by atoms with Crippen LogP contribution in [0.2, 0.25) is 0 Å². The van der Waals surface area contributed by atoms with Crippen LogP contribution in [0.5, 0.6) is 0 Å². The van der Waals surface area contributed by atoms with E-state index < -0.39 is 5.97 Å². The van der Waals surface area contributed by atoms with E-state index in [-0.39, 0.29) is 31.3 Å². The molecule has 5 nitrogen and oxygen atoms in total. The third-order valence-corrected chi connectivity index (χ3v) is 5.18. The first-order valence-electron chi connectivity index (χ1n) is 8.96. The molecule has 0 aromatic heterocycles. The van der Waals surface area contributed by atoms with Gasteiger partial charge in [-0.15, -0.1) is 0 Å². The van der Waals surface area contributed by atoms with E-state index in [2.05, 4.69) is 15.9 Å². The minimum Gasteiger partial charge on any atom is -0.465 e. The summed E-state index contributed by atoms with van der Waals surface area (Å²) in [5.41, 5.74) is 2.40. The van der Waals surface area contributed by atoms with Crippen molar-refractivity contribution in [2.24, 2.45) is 0 Å². The van der Waals surface area contributed by atoms with Crippen LogP contribution in [0.25, 0.3) is 0 Å². The van der Waals surface area contributed by atoms with Crippen molar-refractivity contribution in [3.63, 3.8) is 0 Å². The molecule has 0 unspecified atom stereocenters. The molecule has 0 radical (unpaired) electrons. The van der Waals surface area contributed by atoms with Crippen LogP contribution in [-0.4, -0.2) is 37.2 Å². The second-order valence-electron chi connectivity index (χ2n) is 6.44. The highest BCUT2D eigenvalue weighted by Crippen LogP contribution is 2.28. The fraction of sp³-hybridized carbons (Fsp3) is 0.227. The third kappa shape index (κ3) is 4.07. The summed E-state index contributed by atoms with van der Waals surface area (Å²) >= 11 is 3.40. The molecule has 2 aromatic rings. The molecule has 6 heteroatoms. The van der Waals surface area contributed by atoms with Gasteiger partial charge in [0.2, 0.25) is 0 Å². The van der Waals surface area contributed by atoms with E-state index in [0.29, 0.717) is 22.3 Å². The third-order valence-electron chi connectivity index (χ3n) is 4.65. The summed E-state index contributed by atoms with van der Waals surface area (Å²) in [6.07, 6.45) is 0. The topological polar surface area (TPSA) is 63.7 Å². The second-order valence-corrected chi connectivity index (χ2v) is 7.36. The molecule has 0 N–H and O–H groups in total. The zero-order valence-electron chi connectivity index (χ0n) is 15.7.